The van der Waals surface area contributed by atoms with E-state index in [0.717, 1.165) is 6.42 Å². The number of benzene rings is 1. The van der Waals surface area contributed by atoms with Crippen LogP contribution in [0, 0.1) is 24.0 Å². The Morgan fingerprint density at radius 1 is 1.35 bits per heavy atom. The van der Waals surface area contributed by atoms with Crippen LogP contribution in [0.4, 0.5) is 8.78 Å². The molecule has 1 aromatic rings. The van der Waals surface area contributed by atoms with Gasteiger partial charge in [0.1, 0.15) is 11.6 Å². The molecule has 0 aromatic heterocycles. The van der Waals surface area contributed by atoms with Gasteiger partial charge in [-0.2, -0.15) is 0 Å². The fraction of sp³-hybridized carbons (Fsp3) is 0.429. The van der Waals surface area contributed by atoms with E-state index in [-0.39, 0.29) is 11.6 Å². The summed E-state index contributed by atoms with van der Waals surface area (Å²) < 4.78 is 27.2. The second-order valence-corrected chi connectivity index (χ2v) is 3.84. The molecule has 0 aliphatic carbocycles. The van der Waals surface area contributed by atoms with Crippen LogP contribution in [0.3, 0.4) is 0 Å². The molecule has 1 nitrogen and oxygen atoms in total. The van der Waals surface area contributed by atoms with Crippen LogP contribution in [0.15, 0.2) is 18.2 Å². The number of rotatable bonds is 6. The van der Waals surface area contributed by atoms with Crippen molar-refractivity contribution in [2.75, 3.05) is 6.54 Å². The zero-order valence-electron chi connectivity index (χ0n) is 9.97. The molecule has 0 bridgehead atoms. The largest absolute Gasteiger partial charge is 0.310 e. The first kappa shape index (κ1) is 13.7. The van der Waals surface area contributed by atoms with Gasteiger partial charge in [-0.3, -0.25) is 0 Å². The second-order valence-electron chi connectivity index (χ2n) is 3.84. The molecule has 0 saturated heterocycles. The maximum absolute atomic E-state index is 13.6. The Bertz CT molecular complexity index is 375. The van der Waals surface area contributed by atoms with Crippen LogP contribution in [0.5, 0.6) is 0 Å². The molecule has 0 radical (unpaired) electrons. The number of terminal acetylenes is 1. The lowest BCUT2D eigenvalue weighted by Gasteiger charge is -2.19. The zero-order valence-corrected chi connectivity index (χ0v) is 9.97. The minimum Gasteiger partial charge on any atom is -0.310 e. The maximum Gasteiger partial charge on any atom is 0.130 e. The lowest BCUT2D eigenvalue weighted by Crippen LogP contribution is -2.23. The summed E-state index contributed by atoms with van der Waals surface area (Å²) >= 11 is 0. The van der Waals surface area contributed by atoms with Gasteiger partial charge in [0.2, 0.25) is 0 Å². The SMILES string of the molecule is C#CCCCC(NCC)c1c(F)cccc1F. The molecule has 17 heavy (non-hydrogen) atoms. The van der Waals surface area contributed by atoms with Crippen LogP contribution >= 0.6 is 0 Å². The second kappa shape index (κ2) is 7.03. The first-order chi connectivity index (χ1) is 8.20. The van der Waals surface area contributed by atoms with Crippen molar-refractivity contribution < 1.29 is 8.78 Å². The van der Waals surface area contributed by atoms with Crippen LogP contribution < -0.4 is 5.32 Å². The van der Waals surface area contributed by atoms with Gasteiger partial charge < -0.3 is 5.32 Å². The number of hydrogen-bond acceptors (Lipinski definition) is 1. The monoisotopic (exact) mass is 237 g/mol. The van der Waals surface area contributed by atoms with Crippen molar-refractivity contribution in [3.8, 4) is 12.3 Å². The first-order valence-electron chi connectivity index (χ1n) is 5.81. The molecule has 1 unspecified atom stereocenters. The number of nitrogens with one attached hydrogen (secondary N) is 1. The van der Waals surface area contributed by atoms with E-state index in [1.807, 2.05) is 6.92 Å². The van der Waals surface area contributed by atoms with Gasteiger partial charge in [-0.1, -0.05) is 13.0 Å². The molecule has 0 aliphatic rings. The normalized spacial score (nSPS) is 12.1. The van der Waals surface area contributed by atoms with E-state index >= 15 is 0 Å². The first-order valence-corrected chi connectivity index (χ1v) is 5.81. The highest BCUT2D eigenvalue weighted by atomic mass is 19.1. The predicted molar refractivity (Wildman–Crippen MR) is 65.5 cm³/mol. The topological polar surface area (TPSA) is 12.0 Å². The molecule has 0 spiro atoms. The van der Waals surface area contributed by atoms with Gasteiger partial charge in [0.15, 0.2) is 0 Å². The number of halogens is 2. The third-order valence-electron chi connectivity index (χ3n) is 2.61. The van der Waals surface area contributed by atoms with E-state index in [4.69, 9.17) is 6.42 Å². The van der Waals surface area contributed by atoms with Crippen molar-refractivity contribution in [2.45, 2.75) is 32.2 Å². The van der Waals surface area contributed by atoms with Gasteiger partial charge in [0.25, 0.3) is 0 Å². The molecule has 1 atom stereocenters. The lowest BCUT2D eigenvalue weighted by atomic mass is 10.00. The van der Waals surface area contributed by atoms with Crippen LogP contribution in [0.1, 0.15) is 37.8 Å². The van der Waals surface area contributed by atoms with Crippen molar-refractivity contribution in [3.05, 3.63) is 35.4 Å². The van der Waals surface area contributed by atoms with Gasteiger partial charge in [-0.15, -0.1) is 12.3 Å². The minimum absolute atomic E-state index is 0.117. The summed E-state index contributed by atoms with van der Waals surface area (Å²) in [7, 11) is 0. The van der Waals surface area contributed by atoms with E-state index < -0.39 is 11.6 Å². The summed E-state index contributed by atoms with van der Waals surface area (Å²) in [4.78, 5) is 0. The van der Waals surface area contributed by atoms with Crippen molar-refractivity contribution in [3.63, 3.8) is 0 Å². The third-order valence-corrected chi connectivity index (χ3v) is 2.61. The highest BCUT2D eigenvalue weighted by Gasteiger charge is 2.18. The highest BCUT2D eigenvalue weighted by molar-refractivity contribution is 5.23. The maximum atomic E-state index is 13.6. The minimum atomic E-state index is -0.503. The fourth-order valence-corrected chi connectivity index (χ4v) is 1.85. The molecule has 1 N–H and O–H groups in total. The molecule has 1 rings (SSSR count). The van der Waals surface area contributed by atoms with Crippen molar-refractivity contribution in [2.24, 2.45) is 0 Å². The molecule has 0 saturated carbocycles. The van der Waals surface area contributed by atoms with Gasteiger partial charge in [-0.25, -0.2) is 8.78 Å². The van der Waals surface area contributed by atoms with Gasteiger partial charge in [0, 0.05) is 18.0 Å². The van der Waals surface area contributed by atoms with Crippen molar-refractivity contribution in [1.29, 1.82) is 0 Å². The highest BCUT2D eigenvalue weighted by Crippen LogP contribution is 2.24. The van der Waals surface area contributed by atoms with Gasteiger partial charge in [-0.05, 0) is 31.5 Å². The lowest BCUT2D eigenvalue weighted by molar-refractivity contribution is 0.447. The smallest absolute Gasteiger partial charge is 0.130 e. The zero-order chi connectivity index (χ0) is 12.7. The van der Waals surface area contributed by atoms with Crippen LogP contribution in [0.25, 0.3) is 0 Å². The molecule has 0 amide bonds. The molecule has 0 heterocycles. The summed E-state index contributed by atoms with van der Waals surface area (Å²) in [5, 5.41) is 3.09. The standard InChI is InChI=1S/C14H17F2N/c1-3-5-6-10-13(17-4-2)14-11(15)8-7-9-12(14)16/h1,7-9,13,17H,4-6,10H2,2H3. The van der Waals surface area contributed by atoms with Crippen LogP contribution in [0.2, 0.25) is 0 Å². The fourth-order valence-electron chi connectivity index (χ4n) is 1.85. The molecule has 0 aliphatic heterocycles. The van der Waals surface area contributed by atoms with Crippen molar-refractivity contribution >= 4 is 0 Å². The van der Waals surface area contributed by atoms with Gasteiger partial charge >= 0.3 is 0 Å². The Hall–Kier alpha value is -1.40. The van der Waals surface area contributed by atoms with Crippen molar-refractivity contribution in [1.82, 2.24) is 5.32 Å². The summed E-state index contributed by atoms with van der Waals surface area (Å²) in [6.07, 6.45) is 7.18. The van der Waals surface area contributed by atoms with E-state index in [0.29, 0.717) is 19.4 Å². The summed E-state index contributed by atoms with van der Waals surface area (Å²) in [6, 6.07) is 3.63. The molecule has 92 valence electrons. The summed E-state index contributed by atoms with van der Waals surface area (Å²) in [5.41, 5.74) is 0.117. The van der Waals surface area contributed by atoms with E-state index in [1.165, 1.54) is 18.2 Å². The molecule has 0 fully saturated rings. The molecular weight excluding hydrogens is 220 g/mol. The Labute approximate surface area is 101 Å². The Morgan fingerprint density at radius 2 is 2.00 bits per heavy atom. The summed E-state index contributed by atoms with van der Waals surface area (Å²) in [5.74, 6) is 1.52. The Kier molecular flexibility index (Phi) is 5.65. The van der Waals surface area contributed by atoms with Crippen LogP contribution in [-0.2, 0) is 0 Å². The number of unbranched alkanes of at least 4 members (excludes halogenated alkanes) is 1. The quantitative estimate of drug-likeness (QED) is 0.590. The van der Waals surface area contributed by atoms with Gasteiger partial charge in [0.05, 0.1) is 0 Å². The van der Waals surface area contributed by atoms with E-state index in [2.05, 4.69) is 11.2 Å². The number of hydrogen-bond donors (Lipinski definition) is 1. The Balaban J connectivity index is 2.85. The average molecular weight is 237 g/mol. The average Bonchev–Trinajstić information content (AvgIpc) is 2.29. The Morgan fingerprint density at radius 3 is 2.53 bits per heavy atom. The molecule has 3 heteroatoms. The van der Waals surface area contributed by atoms with Crippen LogP contribution in [-0.4, -0.2) is 6.54 Å². The molecular formula is C14H17F2N. The van der Waals surface area contributed by atoms with E-state index in [9.17, 15) is 8.78 Å². The summed E-state index contributed by atoms with van der Waals surface area (Å²) in [6.45, 7) is 2.57. The predicted octanol–water partition coefficient (Wildman–Crippen LogP) is 3.42. The van der Waals surface area contributed by atoms with E-state index in [1.54, 1.807) is 0 Å². The molecule has 1 aromatic carbocycles. The third kappa shape index (κ3) is 3.83.